The Morgan fingerprint density at radius 2 is 1.89 bits per heavy atom. The van der Waals surface area contributed by atoms with Gasteiger partial charge in [-0.25, -0.2) is 9.59 Å². The fraction of sp³-hybridized carbons (Fsp3) is 0.0833. The maximum absolute atomic E-state index is 13.1. The highest BCUT2D eigenvalue weighted by Crippen LogP contribution is 2.05. The second-order valence-electron chi connectivity index (χ2n) is 3.87. The molecule has 2 rings (SSSR count). The topological polar surface area (TPSA) is 92.2 Å². The van der Waals surface area contributed by atoms with Crippen LogP contribution in [0, 0.1) is 5.82 Å². The standard InChI is InChI=1S/C12H9FN2O4/c13-9-6-15(12(19)14-10(9)16)5-7-1-3-8(4-2-7)11(17)18/h1-4,6H,5H2,(H,17,18)(H,14,16,19). The molecule has 2 N–H and O–H groups in total. The highest BCUT2D eigenvalue weighted by Gasteiger charge is 2.06. The highest BCUT2D eigenvalue weighted by molar-refractivity contribution is 5.87. The summed E-state index contributed by atoms with van der Waals surface area (Å²) in [6, 6.07) is 5.79. The average molecular weight is 264 g/mol. The van der Waals surface area contributed by atoms with Crippen molar-refractivity contribution in [1.29, 1.82) is 0 Å². The molecule has 0 saturated heterocycles. The molecular weight excluding hydrogens is 255 g/mol. The van der Waals surface area contributed by atoms with E-state index >= 15 is 0 Å². The first-order chi connectivity index (χ1) is 8.97. The van der Waals surface area contributed by atoms with Gasteiger partial charge in [-0.1, -0.05) is 12.1 Å². The van der Waals surface area contributed by atoms with Gasteiger partial charge in [0.05, 0.1) is 18.3 Å². The molecule has 98 valence electrons. The number of aromatic nitrogens is 2. The monoisotopic (exact) mass is 264 g/mol. The lowest BCUT2D eigenvalue weighted by molar-refractivity contribution is 0.0697. The molecule has 0 saturated carbocycles. The molecule has 6 nitrogen and oxygen atoms in total. The van der Waals surface area contributed by atoms with E-state index in [0.717, 1.165) is 10.8 Å². The number of carbonyl (C=O) groups is 1. The van der Waals surface area contributed by atoms with Crippen LogP contribution in [0.5, 0.6) is 0 Å². The second-order valence-corrected chi connectivity index (χ2v) is 3.87. The fourth-order valence-corrected chi connectivity index (χ4v) is 1.55. The maximum Gasteiger partial charge on any atom is 0.335 e. The van der Waals surface area contributed by atoms with Crippen molar-refractivity contribution in [3.05, 3.63) is 68.2 Å². The SMILES string of the molecule is O=C(O)c1ccc(Cn2cc(F)c(=O)[nH]c2=O)cc1. The largest absolute Gasteiger partial charge is 0.478 e. The molecule has 0 amide bonds. The summed E-state index contributed by atoms with van der Waals surface area (Å²) in [6.07, 6.45) is 0.812. The number of halogens is 1. The van der Waals surface area contributed by atoms with Gasteiger partial charge in [-0.15, -0.1) is 0 Å². The van der Waals surface area contributed by atoms with E-state index in [1.807, 2.05) is 4.98 Å². The van der Waals surface area contributed by atoms with Crippen LogP contribution >= 0.6 is 0 Å². The van der Waals surface area contributed by atoms with Gasteiger partial charge in [0.2, 0.25) is 5.82 Å². The summed E-state index contributed by atoms with van der Waals surface area (Å²) in [5.41, 5.74) is -1.07. The van der Waals surface area contributed by atoms with Crippen molar-refractivity contribution in [2.24, 2.45) is 0 Å². The second kappa shape index (κ2) is 4.89. The van der Waals surface area contributed by atoms with Gasteiger partial charge >= 0.3 is 11.7 Å². The average Bonchev–Trinajstić information content (AvgIpc) is 2.36. The molecular formula is C12H9FN2O4. The molecule has 1 heterocycles. The van der Waals surface area contributed by atoms with Crippen molar-refractivity contribution in [3.8, 4) is 0 Å². The van der Waals surface area contributed by atoms with Crippen LogP contribution in [-0.2, 0) is 6.54 Å². The van der Waals surface area contributed by atoms with Crippen LogP contribution in [0.3, 0.4) is 0 Å². The van der Waals surface area contributed by atoms with Gasteiger partial charge in [0.1, 0.15) is 0 Å². The normalized spacial score (nSPS) is 10.4. The highest BCUT2D eigenvalue weighted by atomic mass is 19.1. The Bertz CT molecular complexity index is 731. The van der Waals surface area contributed by atoms with E-state index in [1.165, 1.54) is 24.3 Å². The number of carboxylic acid groups (broad SMARTS) is 1. The van der Waals surface area contributed by atoms with Crippen molar-refractivity contribution in [3.63, 3.8) is 0 Å². The van der Waals surface area contributed by atoms with Crippen LogP contribution in [0.15, 0.2) is 40.1 Å². The Labute approximate surface area is 105 Å². The number of aromatic amines is 1. The van der Waals surface area contributed by atoms with E-state index in [-0.39, 0.29) is 12.1 Å². The minimum absolute atomic E-state index is 0.0342. The van der Waals surface area contributed by atoms with Gasteiger partial charge in [-0.3, -0.25) is 14.3 Å². The van der Waals surface area contributed by atoms with E-state index in [4.69, 9.17) is 5.11 Å². The van der Waals surface area contributed by atoms with Gasteiger partial charge in [0.25, 0.3) is 5.56 Å². The van der Waals surface area contributed by atoms with Crippen molar-refractivity contribution in [1.82, 2.24) is 9.55 Å². The summed E-state index contributed by atoms with van der Waals surface area (Å²) < 4.78 is 14.0. The molecule has 0 aliphatic carbocycles. The van der Waals surface area contributed by atoms with Crippen molar-refractivity contribution >= 4 is 5.97 Å². The van der Waals surface area contributed by atoms with E-state index in [1.54, 1.807) is 0 Å². The van der Waals surface area contributed by atoms with Gasteiger partial charge < -0.3 is 5.11 Å². The Balaban J connectivity index is 2.31. The first kappa shape index (κ1) is 12.7. The van der Waals surface area contributed by atoms with Gasteiger partial charge in [0, 0.05) is 0 Å². The van der Waals surface area contributed by atoms with E-state index in [0.29, 0.717) is 5.56 Å². The van der Waals surface area contributed by atoms with E-state index < -0.39 is 23.0 Å². The van der Waals surface area contributed by atoms with Crippen LogP contribution < -0.4 is 11.2 Å². The first-order valence-corrected chi connectivity index (χ1v) is 5.29. The number of hydrogen-bond donors (Lipinski definition) is 2. The summed E-state index contributed by atoms with van der Waals surface area (Å²) in [5, 5.41) is 8.73. The zero-order valence-corrected chi connectivity index (χ0v) is 9.59. The zero-order valence-electron chi connectivity index (χ0n) is 9.59. The third kappa shape index (κ3) is 2.76. The molecule has 0 unspecified atom stereocenters. The summed E-state index contributed by atoms with van der Waals surface area (Å²) in [6.45, 7) is 0.0342. The molecule has 0 aliphatic heterocycles. The van der Waals surface area contributed by atoms with Crippen LogP contribution in [-0.4, -0.2) is 20.6 Å². The van der Waals surface area contributed by atoms with Gasteiger partial charge in [-0.2, -0.15) is 4.39 Å². The van der Waals surface area contributed by atoms with Crippen LogP contribution in [0.1, 0.15) is 15.9 Å². The number of carboxylic acids is 1. The molecule has 0 atom stereocenters. The molecule has 0 radical (unpaired) electrons. The Hall–Kier alpha value is -2.70. The smallest absolute Gasteiger partial charge is 0.335 e. The minimum atomic E-state index is -1.07. The molecule has 19 heavy (non-hydrogen) atoms. The molecule has 0 fully saturated rings. The third-order valence-electron chi connectivity index (χ3n) is 2.52. The van der Waals surface area contributed by atoms with Crippen LogP contribution in [0.4, 0.5) is 4.39 Å². The first-order valence-electron chi connectivity index (χ1n) is 5.29. The summed E-state index contributed by atoms with van der Waals surface area (Å²) in [5.74, 6) is -2.11. The lowest BCUT2D eigenvalue weighted by Gasteiger charge is -2.05. The quantitative estimate of drug-likeness (QED) is 0.840. The lowest BCUT2D eigenvalue weighted by Crippen LogP contribution is -2.31. The van der Waals surface area contributed by atoms with Crippen molar-refractivity contribution in [2.75, 3.05) is 0 Å². The summed E-state index contributed by atoms with van der Waals surface area (Å²) >= 11 is 0. The molecule has 0 bridgehead atoms. The zero-order chi connectivity index (χ0) is 14.0. The lowest BCUT2D eigenvalue weighted by atomic mass is 10.1. The number of rotatable bonds is 3. The van der Waals surface area contributed by atoms with E-state index in [9.17, 15) is 18.8 Å². The molecule has 7 heteroatoms. The number of benzene rings is 1. The molecule has 1 aromatic carbocycles. The molecule has 1 aromatic heterocycles. The Morgan fingerprint density at radius 3 is 2.47 bits per heavy atom. The van der Waals surface area contributed by atoms with Crippen LogP contribution in [0.25, 0.3) is 0 Å². The van der Waals surface area contributed by atoms with Crippen LogP contribution in [0.2, 0.25) is 0 Å². The molecule has 0 spiro atoms. The summed E-state index contributed by atoms with van der Waals surface area (Å²) in [7, 11) is 0. The Morgan fingerprint density at radius 1 is 1.26 bits per heavy atom. The van der Waals surface area contributed by atoms with Gasteiger partial charge in [0.15, 0.2) is 0 Å². The van der Waals surface area contributed by atoms with Crippen molar-refractivity contribution in [2.45, 2.75) is 6.54 Å². The number of H-pyrrole nitrogens is 1. The van der Waals surface area contributed by atoms with Crippen molar-refractivity contribution < 1.29 is 14.3 Å². The van der Waals surface area contributed by atoms with Gasteiger partial charge in [-0.05, 0) is 17.7 Å². The Kier molecular flexibility index (Phi) is 3.28. The molecule has 0 aliphatic rings. The number of hydrogen-bond acceptors (Lipinski definition) is 3. The third-order valence-corrected chi connectivity index (χ3v) is 2.52. The summed E-state index contributed by atoms with van der Waals surface area (Å²) in [4.78, 5) is 34.8. The molecule has 2 aromatic rings. The fourth-order valence-electron chi connectivity index (χ4n) is 1.55. The predicted molar refractivity (Wildman–Crippen MR) is 63.8 cm³/mol. The number of nitrogens with zero attached hydrogens (tertiary/aromatic N) is 1. The minimum Gasteiger partial charge on any atom is -0.478 e. The predicted octanol–water partition coefficient (Wildman–Crippen LogP) is 0.422. The van der Waals surface area contributed by atoms with E-state index in [2.05, 4.69) is 0 Å². The maximum atomic E-state index is 13.1. The number of nitrogens with one attached hydrogen (secondary N) is 1. The number of aromatic carboxylic acids is 1.